The third kappa shape index (κ3) is 15.9. The molecule has 3 heterocycles. The first-order valence-electron chi connectivity index (χ1n) is 24.7. The number of rotatable bonds is 26. The Morgan fingerprint density at radius 2 is 1.22 bits per heavy atom. The molecule has 1 amide bonds. The third-order valence-electron chi connectivity index (χ3n) is 10.9. The summed E-state index contributed by atoms with van der Waals surface area (Å²) in [5.74, 6) is -1.22. The van der Waals surface area contributed by atoms with Crippen LogP contribution in [-0.2, 0) is 55.1 Å². The zero-order valence-electron chi connectivity index (χ0n) is 44.0. The van der Waals surface area contributed by atoms with E-state index in [9.17, 15) is 19.5 Å². The fraction of sp³-hybridized carbons (Fsp3) is 0.385. The Kier molecular flexibility index (Phi) is 19.8. The number of fused-ring (bicyclic) bond motifs is 1. The highest BCUT2D eigenvalue weighted by atomic mass is 28.5. The number of carbonyl (C=O) groups excluding carboxylic acids is 3. The van der Waals surface area contributed by atoms with Crippen molar-refractivity contribution in [3.05, 3.63) is 139 Å². The first kappa shape index (κ1) is 57.4. The molecule has 1 saturated heterocycles. The zero-order chi connectivity index (χ0) is 54.5. The molecule has 1 aliphatic heterocycles. The van der Waals surface area contributed by atoms with Gasteiger partial charge in [-0.25, -0.2) is 14.7 Å². The third-order valence-corrected chi connectivity index (χ3v) is 18.8. The van der Waals surface area contributed by atoms with E-state index >= 15 is 0 Å². The van der Waals surface area contributed by atoms with Gasteiger partial charge < -0.3 is 60.7 Å². The molecule has 0 radical (unpaired) electrons. The van der Waals surface area contributed by atoms with Crippen molar-refractivity contribution < 1.29 is 69.7 Å². The number of amides is 1. The van der Waals surface area contributed by atoms with Crippen molar-refractivity contribution in [2.24, 2.45) is 0 Å². The van der Waals surface area contributed by atoms with Crippen LogP contribution in [0.4, 0.5) is 22.1 Å². The predicted octanol–water partition coefficient (Wildman–Crippen LogP) is 8.25. The van der Waals surface area contributed by atoms with Crippen LogP contribution in [-0.4, -0.2) is 133 Å². The smallest absolute Gasteiger partial charge is 0.463 e. The first-order valence-corrected chi connectivity index (χ1v) is 33.1. The van der Waals surface area contributed by atoms with Crippen LogP contribution >= 0.6 is 0 Å². The van der Waals surface area contributed by atoms with Gasteiger partial charge in [-0.1, -0.05) is 97.1 Å². The quantitative estimate of drug-likeness (QED) is 0.0225. The van der Waals surface area contributed by atoms with E-state index in [0.29, 0.717) is 11.4 Å². The summed E-state index contributed by atoms with van der Waals surface area (Å²) in [6.07, 6.45) is -5.52. The molecule has 21 nitrogen and oxygen atoms in total. The molecule has 406 valence electrons. The Balaban J connectivity index is 1.28. The van der Waals surface area contributed by atoms with Gasteiger partial charge in [0.25, 0.3) is 12.4 Å². The first-order chi connectivity index (χ1) is 36.3. The summed E-state index contributed by atoms with van der Waals surface area (Å²) in [4.78, 5) is 52.9. The molecule has 7 rings (SSSR count). The molecule has 0 spiro atoms. The molecule has 2 aromatic heterocycles. The molecule has 0 saturated carbocycles. The highest BCUT2D eigenvalue weighted by Gasteiger charge is 2.56. The summed E-state index contributed by atoms with van der Waals surface area (Å²) in [7, 11) is -7.85. The Bertz CT molecular complexity index is 2700. The number of para-hydroxylation sites is 2. The van der Waals surface area contributed by atoms with Gasteiger partial charge in [-0.2, -0.15) is 9.97 Å². The van der Waals surface area contributed by atoms with Gasteiger partial charge in [0.1, 0.15) is 37.6 Å². The summed E-state index contributed by atoms with van der Waals surface area (Å²) >= 11 is 0. The van der Waals surface area contributed by atoms with Gasteiger partial charge in [0.2, 0.25) is 5.95 Å². The highest BCUT2D eigenvalue weighted by Crippen LogP contribution is 2.39. The normalized spacial score (nSPS) is 17.0. The number of hydrogen-bond acceptors (Lipinski definition) is 19. The van der Waals surface area contributed by atoms with E-state index in [1.54, 1.807) is 55.6 Å². The Morgan fingerprint density at radius 3 is 1.70 bits per heavy atom. The van der Waals surface area contributed by atoms with Crippen LogP contribution in [0, 0.1) is 0 Å². The standard InChI is InChI=1S/C52H66N6O15Si3/c1-36(59)63-30-32-65-52(66-33-31-64-37(2)60)69-46-44(61)42(34-67-76(72-74(4,5)6,73-75(7,8)9)71-45(38-22-14-10-15-23-38)39-24-16-11-17-25-39)68-49(46)57-35-54-43-47(57)55-50(53-3)56-48(43)70-51(62)58(40-26-18-12-19-27-40)41-28-20-13-21-29-41/h10-29,35,42,44-46,49,52,61H,30-34H2,1-9H3,(H,53,55,56)/t42-,44-,46-,49-/m1/s1. The fourth-order valence-electron chi connectivity index (χ4n) is 7.87. The summed E-state index contributed by atoms with van der Waals surface area (Å²) in [5, 5.41) is 15.5. The number of imidazole rings is 1. The maximum atomic E-state index is 14.3. The molecule has 0 unspecified atom stereocenters. The van der Waals surface area contributed by atoms with Crippen LogP contribution in [0.5, 0.6) is 5.88 Å². The number of esters is 2. The number of anilines is 3. The lowest BCUT2D eigenvalue weighted by atomic mass is 10.0. The molecule has 76 heavy (non-hydrogen) atoms. The molecular formula is C52H66N6O15Si3. The Morgan fingerprint density at radius 1 is 0.724 bits per heavy atom. The van der Waals surface area contributed by atoms with Gasteiger partial charge in [0, 0.05) is 20.9 Å². The maximum Gasteiger partial charge on any atom is 0.659 e. The lowest BCUT2D eigenvalue weighted by molar-refractivity contribution is -0.320. The van der Waals surface area contributed by atoms with Crippen molar-refractivity contribution in [1.29, 1.82) is 0 Å². The zero-order valence-corrected chi connectivity index (χ0v) is 47.0. The van der Waals surface area contributed by atoms with Crippen molar-refractivity contribution in [2.45, 2.75) is 90.2 Å². The van der Waals surface area contributed by atoms with Gasteiger partial charge in [0.15, 0.2) is 34.0 Å². The Labute approximate surface area is 445 Å². The summed E-state index contributed by atoms with van der Waals surface area (Å²) in [5.41, 5.74) is 2.88. The number of nitrogens with one attached hydrogen (secondary N) is 1. The van der Waals surface area contributed by atoms with Crippen LogP contribution in [0.15, 0.2) is 128 Å². The summed E-state index contributed by atoms with van der Waals surface area (Å²) < 4.78 is 70.9. The largest absolute Gasteiger partial charge is 0.659 e. The van der Waals surface area contributed by atoms with Gasteiger partial charge in [-0.05, 0) is 74.7 Å². The number of aliphatic hydroxyl groups excluding tert-OH is 1. The second-order valence-electron chi connectivity index (χ2n) is 19.2. The van der Waals surface area contributed by atoms with Crippen LogP contribution in [0.2, 0.25) is 39.3 Å². The van der Waals surface area contributed by atoms with E-state index in [-0.39, 0.29) is 56.0 Å². The monoisotopic (exact) mass is 1100 g/mol. The van der Waals surface area contributed by atoms with Gasteiger partial charge >= 0.3 is 27.1 Å². The average molecular weight is 1100 g/mol. The van der Waals surface area contributed by atoms with Crippen molar-refractivity contribution in [3.63, 3.8) is 0 Å². The average Bonchev–Trinajstić information content (AvgIpc) is 3.95. The van der Waals surface area contributed by atoms with E-state index in [0.717, 1.165) is 11.1 Å². The van der Waals surface area contributed by atoms with E-state index in [1.807, 2.05) is 112 Å². The summed E-state index contributed by atoms with van der Waals surface area (Å²) in [6, 6.07) is 37.3. The molecule has 4 aromatic carbocycles. The second-order valence-corrected chi connectivity index (χ2v) is 30.8. The van der Waals surface area contributed by atoms with E-state index in [4.69, 9.17) is 55.2 Å². The number of ether oxygens (including phenoxy) is 7. The van der Waals surface area contributed by atoms with Crippen LogP contribution in [0.1, 0.15) is 37.3 Å². The molecule has 1 fully saturated rings. The molecule has 24 heteroatoms. The lowest BCUT2D eigenvalue weighted by Crippen LogP contribution is -2.60. The second kappa shape index (κ2) is 26.2. The maximum absolute atomic E-state index is 14.3. The molecule has 0 bridgehead atoms. The minimum absolute atomic E-state index is 0.0470. The molecule has 6 aromatic rings. The molecular weight excluding hydrogens is 1030 g/mol. The van der Waals surface area contributed by atoms with Crippen LogP contribution < -0.4 is 15.0 Å². The number of benzene rings is 4. The number of aliphatic hydroxyl groups is 1. The topological polar surface area (TPSA) is 232 Å². The molecule has 4 atom stereocenters. The molecule has 1 aliphatic rings. The lowest BCUT2D eigenvalue weighted by Gasteiger charge is -2.40. The van der Waals surface area contributed by atoms with Crippen molar-refractivity contribution in [1.82, 2.24) is 19.5 Å². The Hall–Kier alpha value is -6.27. The van der Waals surface area contributed by atoms with Crippen LogP contribution in [0.25, 0.3) is 11.2 Å². The van der Waals surface area contributed by atoms with Crippen molar-refractivity contribution >= 4 is 72.2 Å². The highest BCUT2D eigenvalue weighted by molar-refractivity contribution is 6.83. The SMILES string of the molecule is CNc1nc(OC(=O)N(c2ccccc2)c2ccccc2)c2ncn([C@@H]3O[C@H](CO[Si](OC(c4ccccc4)c4ccccc4)(O[Si](C)(C)C)O[Si](C)(C)C)[C@@H](O)[C@H]3OC(OCCOC(C)=O)OCCOC(C)=O)c2n1. The van der Waals surface area contributed by atoms with Gasteiger partial charge in [0.05, 0.1) is 37.5 Å². The van der Waals surface area contributed by atoms with Crippen molar-refractivity contribution in [2.75, 3.05) is 50.3 Å². The fourth-order valence-corrected chi connectivity index (χ4v) is 16.3. The number of carbonyl (C=O) groups is 3. The summed E-state index contributed by atoms with van der Waals surface area (Å²) in [6.45, 7) is 12.0. The van der Waals surface area contributed by atoms with E-state index < -0.39 is 80.8 Å². The number of aromatic nitrogens is 4. The molecule has 2 N–H and O–H groups in total. The predicted molar refractivity (Wildman–Crippen MR) is 286 cm³/mol. The molecule has 0 aliphatic carbocycles. The van der Waals surface area contributed by atoms with Gasteiger partial charge in [-0.15, -0.1) is 0 Å². The van der Waals surface area contributed by atoms with E-state index in [1.165, 1.54) is 29.6 Å². The van der Waals surface area contributed by atoms with E-state index in [2.05, 4.69) is 15.3 Å². The minimum Gasteiger partial charge on any atom is -0.463 e. The number of nitrogens with zero attached hydrogens (tertiary/aromatic N) is 5. The van der Waals surface area contributed by atoms with Crippen LogP contribution in [0.3, 0.4) is 0 Å². The minimum atomic E-state index is -4.28. The number of hydrogen-bond donors (Lipinski definition) is 2. The van der Waals surface area contributed by atoms with Crippen molar-refractivity contribution in [3.8, 4) is 5.88 Å². The van der Waals surface area contributed by atoms with Gasteiger partial charge in [-0.3, -0.25) is 14.2 Å².